The maximum atomic E-state index is 15.4. The van der Waals surface area contributed by atoms with Gasteiger partial charge in [-0.2, -0.15) is 0 Å². The molecule has 0 saturated carbocycles. The molecule has 2 aliphatic rings. The molecule has 1 unspecified atom stereocenters. The van der Waals surface area contributed by atoms with Crippen molar-refractivity contribution in [1.82, 2.24) is 15.1 Å². The van der Waals surface area contributed by atoms with Crippen LogP contribution in [-0.2, 0) is 11.3 Å². The summed E-state index contributed by atoms with van der Waals surface area (Å²) in [7, 11) is 1.57. The zero-order valence-electron chi connectivity index (χ0n) is 20.2. The molecule has 0 aromatic heterocycles. The molecule has 0 spiro atoms. The Labute approximate surface area is 200 Å². The average Bonchev–Trinajstić information content (AvgIpc) is 3.35. The lowest BCUT2D eigenvalue weighted by Gasteiger charge is -2.38. The normalized spacial score (nSPS) is 20.9. The van der Waals surface area contributed by atoms with Gasteiger partial charge < -0.3 is 20.7 Å². The van der Waals surface area contributed by atoms with Gasteiger partial charge >= 0.3 is 0 Å². The first-order valence-corrected chi connectivity index (χ1v) is 12.0. The van der Waals surface area contributed by atoms with Gasteiger partial charge in [0.15, 0.2) is 0 Å². The van der Waals surface area contributed by atoms with Crippen molar-refractivity contribution >= 4 is 11.6 Å². The van der Waals surface area contributed by atoms with E-state index in [1.54, 1.807) is 7.11 Å². The number of benzene rings is 1. The minimum atomic E-state index is -2.87. The van der Waals surface area contributed by atoms with Crippen LogP contribution in [0.25, 0.3) is 5.70 Å². The van der Waals surface area contributed by atoms with Crippen molar-refractivity contribution in [2.24, 2.45) is 5.73 Å². The van der Waals surface area contributed by atoms with Gasteiger partial charge in [-0.3, -0.25) is 9.69 Å². The number of ether oxygens (including phenoxy) is 1. The summed E-state index contributed by atoms with van der Waals surface area (Å²) in [6.07, 6.45) is 1.14. The lowest BCUT2D eigenvalue weighted by molar-refractivity contribution is -0.143. The molecule has 6 nitrogen and oxygen atoms in total. The van der Waals surface area contributed by atoms with Gasteiger partial charge in [0.05, 0.1) is 19.7 Å². The standard InChI is InChI=1S/C25H37F3N4O2/c1-4-25(27,28)22-6-5-9-32(22)23(33)16-31-10-7-24(26,8-11-31)17-30-18(2)20-12-19(15-29)13-21(14-20)34-3/h12-14,22,30H,2,4-11,15-17,29H2,1,3H3. The van der Waals surface area contributed by atoms with Crippen molar-refractivity contribution in [3.63, 3.8) is 0 Å². The van der Waals surface area contributed by atoms with E-state index in [1.807, 2.05) is 23.1 Å². The van der Waals surface area contributed by atoms with Gasteiger partial charge in [0.2, 0.25) is 5.91 Å². The number of rotatable bonds is 10. The first-order chi connectivity index (χ1) is 16.1. The minimum absolute atomic E-state index is 0.0538. The summed E-state index contributed by atoms with van der Waals surface area (Å²) in [6.45, 7) is 7.14. The van der Waals surface area contributed by atoms with Crippen LogP contribution in [0.2, 0.25) is 0 Å². The Kier molecular flexibility index (Phi) is 8.52. The van der Waals surface area contributed by atoms with E-state index in [1.165, 1.54) is 11.8 Å². The number of nitrogens with two attached hydrogens (primary N) is 1. The Morgan fingerprint density at radius 2 is 2.00 bits per heavy atom. The largest absolute Gasteiger partial charge is 0.497 e. The highest BCUT2D eigenvalue weighted by molar-refractivity contribution is 5.79. The highest BCUT2D eigenvalue weighted by Gasteiger charge is 2.46. The second-order valence-corrected chi connectivity index (χ2v) is 9.39. The zero-order chi connectivity index (χ0) is 24.9. The van der Waals surface area contributed by atoms with Crippen LogP contribution in [0.3, 0.4) is 0 Å². The molecule has 190 valence electrons. The maximum Gasteiger partial charge on any atom is 0.267 e. The topological polar surface area (TPSA) is 70.8 Å². The van der Waals surface area contributed by atoms with Crippen molar-refractivity contribution in [1.29, 1.82) is 0 Å². The number of alkyl halides is 3. The number of amides is 1. The molecule has 0 bridgehead atoms. The molecule has 1 aromatic rings. The van der Waals surface area contributed by atoms with E-state index >= 15 is 4.39 Å². The van der Waals surface area contributed by atoms with Crippen LogP contribution in [0, 0.1) is 0 Å². The fourth-order valence-corrected chi connectivity index (χ4v) is 4.75. The first kappa shape index (κ1) is 26.3. The number of hydrogen-bond acceptors (Lipinski definition) is 5. The number of carbonyl (C=O) groups is 1. The molecule has 34 heavy (non-hydrogen) atoms. The molecule has 2 saturated heterocycles. The smallest absolute Gasteiger partial charge is 0.267 e. The average molecular weight is 483 g/mol. The van der Waals surface area contributed by atoms with Crippen molar-refractivity contribution in [3.05, 3.63) is 35.9 Å². The summed E-state index contributed by atoms with van der Waals surface area (Å²) < 4.78 is 49.2. The lowest BCUT2D eigenvalue weighted by atomic mass is 9.93. The van der Waals surface area contributed by atoms with E-state index in [0.29, 0.717) is 50.5 Å². The third-order valence-corrected chi connectivity index (χ3v) is 7.05. The van der Waals surface area contributed by atoms with Crippen molar-refractivity contribution in [3.8, 4) is 5.75 Å². The second kappa shape index (κ2) is 11.0. The molecule has 1 amide bonds. The predicted octanol–water partition coefficient (Wildman–Crippen LogP) is 3.55. The number of carbonyl (C=O) groups excluding carboxylic acids is 1. The van der Waals surface area contributed by atoms with Crippen LogP contribution in [0.5, 0.6) is 5.75 Å². The number of methoxy groups -OCH3 is 1. The van der Waals surface area contributed by atoms with Gasteiger partial charge in [0.25, 0.3) is 5.92 Å². The molecule has 9 heteroatoms. The fourth-order valence-electron chi connectivity index (χ4n) is 4.75. The Balaban J connectivity index is 1.50. The number of likely N-dealkylation sites (tertiary alicyclic amines) is 2. The molecule has 1 aromatic carbocycles. The van der Waals surface area contributed by atoms with Crippen molar-refractivity contribution in [2.75, 3.05) is 39.8 Å². The molecule has 3 N–H and O–H groups in total. The Morgan fingerprint density at radius 3 is 2.62 bits per heavy atom. The Morgan fingerprint density at radius 1 is 1.29 bits per heavy atom. The lowest BCUT2D eigenvalue weighted by Crippen LogP contribution is -2.52. The van der Waals surface area contributed by atoms with Gasteiger partial charge in [0.1, 0.15) is 11.4 Å². The van der Waals surface area contributed by atoms with E-state index in [9.17, 15) is 13.6 Å². The minimum Gasteiger partial charge on any atom is -0.497 e. The van der Waals surface area contributed by atoms with Gasteiger partial charge in [-0.15, -0.1) is 0 Å². The SMILES string of the molecule is C=C(NCC1(F)CCN(CC(=O)N2CCCC2C(F)(F)CC)CC1)c1cc(CN)cc(OC)c1. The van der Waals surface area contributed by atoms with Gasteiger partial charge in [-0.05, 0) is 49.4 Å². The molecule has 1 atom stereocenters. The van der Waals surface area contributed by atoms with Crippen LogP contribution < -0.4 is 15.8 Å². The summed E-state index contributed by atoms with van der Waals surface area (Å²) in [4.78, 5) is 15.9. The summed E-state index contributed by atoms with van der Waals surface area (Å²) in [5.74, 6) is -2.50. The predicted molar refractivity (Wildman–Crippen MR) is 127 cm³/mol. The van der Waals surface area contributed by atoms with E-state index < -0.39 is 17.6 Å². The quantitative estimate of drug-likeness (QED) is 0.534. The van der Waals surface area contributed by atoms with Gasteiger partial charge in [-0.1, -0.05) is 13.5 Å². The highest BCUT2D eigenvalue weighted by atomic mass is 19.3. The molecule has 0 radical (unpaired) electrons. The number of piperidine rings is 1. The molecule has 2 fully saturated rings. The summed E-state index contributed by atoms with van der Waals surface area (Å²) >= 11 is 0. The number of nitrogens with one attached hydrogen (secondary N) is 1. The molecule has 0 aliphatic carbocycles. The number of nitrogens with zero attached hydrogens (tertiary/aromatic N) is 2. The molecular weight excluding hydrogens is 445 g/mol. The van der Waals surface area contributed by atoms with E-state index in [4.69, 9.17) is 10.5 Å². The van der Waals surface area contributed by atoms with Crippen LogP contribution in [0.15, 0.2) is 24.8 Å². The summed E-state index contributed by atoms with van der Waals surface area (Å²) in [5.41, 5.74) is 6.56. The van der Waals surface area contributed by atoms with Gasteiger partial charge in [0, 0.05) is 50.4 Å². The van der Waals surface area contributed by atoms with E-state index in [2.05, 4.69) is 11.9 Å². The van der Waals surface area contributed by atoms with Crippen LogP contribution in [-0.4, -0.2) is 73.2 Å². The summed E-state index contributed by atoms with van der Waals surface area (Å²) in [5, 5.41) is 3.10. The summed E-state index contributed by atoms with van der Waals surface area (Å²) in [6, 6.07) is 4.53. The maximum absolute atomic E-state index is 15.4. The van der Waals surface area contributed by atoms with Crippen molar-refractivity contribution < 1.29 is 22.7 Å². The zero-order valence-corrected chi connectivity index (χ0v) is 20.2. The third kappa shape index (κ3) is 6.24. The monoisotopic (exact) mass is 482 g/mol. The van der Waals surface area contributed by atoms with Crippen LogP contribution in [0.4, 0.5) is 13.2 Å². The second-order valence-electron chi connectivity index (χ2n) is 9.39. The molecule has 2 heterocycles. The number of halogens is 3. The van der Waals surface area contributed by atoms with E-state index in [-0.39, 0.29) is 38.3 Å². The first-order valence-electron chi connectivity index (χ1n) is 12.0. The Bertz CT molecular complexity index is 849. The molecule has 3 rings (SSSR count). The van der Waals surface area contributed by atoms with Crippen LogP contribution in [0.1, 0.15) is 50.2 Å². The highest BCUT2D eigenvalue weighted by Crippen LogP contribution is 2.34. The Hall–Kier alpha value is -2.26. The van der Waals surface area contributed by atoms with Crippen molar-refractivity contribution in [2.45, 2.75) is 63.2 Å². The fraction of sp³-hybridized carbons (Fsp3) is 0.640. The third-order valence-electron chi connectivity index (χ3n) is 7.05. The number of hydrogen-bond donors (Lipinski definition) is 2. The van der Waals surface area contributed by atoms with E-state index in [0.717, 1.165) is 11.1 Å². The molecule has 2 aliphatic heterocycles. The molecular formula is C25H37F3N4O2. The van der Waals surface area contributed by atoms with Gasteiger partial charge in [-0.25, -0.2) is 13.2 Å². The van der Waals surface area contributed by atoms with Crippen LogP contribution >= 0.6 is 0 Å².